The predicted octanol–water partition coefficient (Wildman–Crippen LogP) is 2.60. The summed E-state index contributed by atoms with van der Waals surface area (Å²) in [4.78, 5) is 2.32. The predicted molar refractivity (Wildman–Crippen MR) is 79.2 cm³/mol. The van der Waals surface area contributed by atoms with Crippen LogP contribution >= 0.6 is 0 Å². The van der Waals surface area contributed by atoms with E-state index in [-0.39, 0.29) is 0 Å². The molecule has 0 bridgehead atoms. The third kappa shape index (κ3) is 4.46. The summed E-state index contributed by atoms with van der Waals surface area (Å²) in [5.41, 5.74) is 1.03. The molecule has 1 aromatic heterocycles. The highest BCUT2D eigenvalue weighted by Gasteiger charge is 2.20. The topological polar surface area (TPSA) is 41.0 Å². The van der Waals surface area contributed by atoms with Crippen LogP contribution < -0.4 is 10.2 Å². The van der Waals surface area contributed by atoms with Gasteiger partial charge in [-0.05, 0) is 44.7 Å². The van der Waals surface area contributed by atoms with Crippen molar-refractivity contribution in [2.45, 2.75) is 59.2 Å². The summed E-state index contributed by atoms with van der Waals surface area (Å²) in [6, 6.07) is 5.36. The van der Waals surface area contributed by atoms with Gasteiger partial charge in [-0.25, -0.2) is 0 Å². The number of nitrogens with one attached hydrogen (secondary N) is 1. The smallest absolute Gasteiger partial charge is 0.151 e. The van der Waals surface area contributed by atoms with Gasteiger partial charge in [0.15, 0.2) is 5.82 Å². The van der Waals surface area contributed by atoms with E-state index in [1.807, 2.05) is 0 Å². The summed E-state index contributed by atoms with van der Waals surface area (Å²) in [5, 5.41) is 12.2. The van der Waals surface area contributed by atoms with Crippen molar-refractivity contribution in [2.24, 2.45) is 5.92 Å². The van der Waals surface area contributed by atoms with Crippen LogP contribution in [0.1, 0.15) is 46.2 Å². The molecule has 0 amide bonds. The van der Waals surface area contributed by atoms with Crippen molar-refractivity contribution in [2.75, 3.05) is 11.4 Å². The van der Waals surface area contributed by atoms with Gasteiger partial charge in [0.05, 0.1) is 5.69 Å². The van der Waals surface area contributed by atoms with Crippen LogP contribution in [0.4, 0.5) is 5.82 Å². The van der Waals surface area contributed by atoms with E-state index in [0.29, 0.717) is 12.0 Å². The molecular formula is C15H26N4. The first kappa shape index (κ1) is 14.3. The minimum atomic E-state index is 0.451. The molecule has 1 fully saturated rings. The maximum atomic E-state index is 4.39. The maximum absolute atomic E-state index is 4.39. The zero-order chi connectivity index (χ0) is 13.8. The summed E-state index contributed by atoms with van der Waals surface area (Å²) < 4.78 is 0. The molecule has 0 saturated heterocycles. The van der Waals surface area contributed by atoms with Crippen LogP contribution in [0.15, 0.2) is 12.1 Å². The average Bonchev–Trinajstić information content (AvgIpc) is 3.18. The van der Waals surface area contributed by atoms with Gasteiger partial charge in [-0.2, -0.15) is 5.10 Å². The molecule has 4 heteroatoms. The van der Waals surface area contributed by atoms with Gasteiger partial charge in [-0.15, -0.1) is 5.10 Å². The van der Waals surface area contributed by atoms with Crippen molar-refractivity contribution in [1.82, 2.24) is 15.5 Å². The summed E-state index contributed by atoms with van der Waals surface area (Å²) in [6.07, 6.45) is 2.61. The molecule has 0 unspecified atom stereocenters. The van der Waals surface area contributed by atoms with E-state index in [9.17, 15) is 0 Å². The van der Waals surface area contributed by atoms with Gasteiger partial charge in [0, 0.05) is 25.2 Å². The van der Waals surface area contributed by atoms with Gasteiger partial charge in [0.1, 0.15) is 0 Å². The van der Waals surface area contributed by atoms with Crippen LogP contribution in [0.2, 0.25) is 0 Å². The third-order valence-electron chi connectivity index (χ3n) is 3.33. The zero-order valence-corrected chi connectivity index (χ0v) is 12.6. The lowest BCUT2D eigenvalue weighted by molar-refractivity contribution is 0.562. The Labute approximate surface area is 116 Å². The first-order valence-corrected chi connectivity index (χ1v) is 7.39. The second kappa shape index (κ2) is 6.33. The number of anilines is 1. The molecule has 19 heavy (non-hydrogen) atoms. The van der Waals surface area contributed by atoms with E-state index in [1.54, 1.807) is 0 Å². The molecule has 4 nitrogen and oxygen atoms in total. The van der Waals surface area contributed by atoms with Crippen molar-refractivity contribution in [3.05, 3.63) is 17.8 Å². The molecule has 0 aromatic carbocycles. The molecule has 1 saturated carbocycles. The van der Waals surface area contributed by atoms with Gasteiger partial charge in [-0.3, -0.25) is 0 Å². The van der Waals surface area contributed by atoms with E-state index in [0.717, 1.165) is 30.6 Å². The fourth-order valence-electron chi connectivity index (χ4n) is 2.10. The summed E-state index contributed by atoms with van der Waals surface area (Å²) in [7, 11) is 0. The third-order valence-corrected chi connectivity index (χ3v) is 3.33. The molecule has 0 atom stereocenters. The van der Waals surface area contributed by atoms with E-state index in [2.05, 4.69) is 60.2 Å². The van der Waals surface area contributed by atoms with Crippen molar-refractivity contribution in [3.63, 3.8) is 0 Å². The molecular weight excluding hydrogens is 236 g/mol. The average molecular weight is 262 g/mol. The van der Waals surface area contributed by atoms with Crippen LogP contribution in [0.25, 0.3) is 0 Å². The minimum absolute atomic E-state index is 0.451. The molecule has 106 valence electrons. The van der Waals surface area contributed by atoms with Crippen molar-refractivity contribution >= 4 is 5.82 Å². The molecule has 1 heterocycles. The standard InChI is InChI=1S/C15H26N4/c1-11(2)10-19(12(3)4)15-8-7-14(17-18-15)9-16-13-5-6-13/h7-8,11-13,16H,5-6,9-10H2,1-4H3. The molecule has 0 radical (unpaired) electrons. The lowest BCUT2D eigenvalue weighted by Crippen LogP contribution is -2.35. The van der Waals surface area contributed by atoms with Gasteiger partial charge in [0.2, 0.25) is 0 Å². The summed E-state index contributed by atoms with van der Waals surface area (Å²) in [5.74, 6) is 1.61. The lowest BCUT2D eigenvalue weighted by atomic mass is 10.2. The highest BCUT2D eigenvalue weighted by Crippen LogP contribution is 2.19. The van der Waals surface area contributed by atoms with E-state index in [4.69, 9.17) is 0 Å². The van der Waals surface area contributed by atoms with Crippen LogP contribution in [-0.4, -0.2) is 28.8 Å². The molecule has 1 N–H and O–H groups in total. The van der Waals surface area contributed by atoms with Gasteiger partial charge < -0.3 is 10.2 Å². The first-order chi connectivity index (χ1) is 9.06. The van der Waals surface area contributed by atoms with E-state index in [1.165, 1.54) is 12.8 Å². The molecule has 1 aromatic rings. The molecule has 1 aliphatic rings. The molecule has 0 aliphatic heterocycles. The second-order valence-electron chi connectivity index (χ2n) is 6.18. The fraction of sp³-hybridized carbons (Fsp3) is 0.733. The van der Waals surface area contributed by atoms with Crippen molar-refractivity contribution in [1.29, 1.82) is 0 Å². The second-order valence-corrected chi connectivity index (χ2v) is 6.18. The Morgan fingerprint density at radius 2 is 1.95 bits per heavy atom. The Hall–Kier alpha value is -1.16. The van der Waals surface area contributed by atoms with Crippen molar-refractivity contribution < 1.29 is 0 Å². The lowest BCUT2D eigenvalue weighted by Gasteiger charge is -2.29. The van der Waals surface area contributed by atoms with E-state index >= 15 is 0 Å². The number of hydrogen-bond donors (Lipinski definition) is 1. The number of nitrogens with zero attached hydrogens (tertiary/aromatic N) is 3. The first-order valence-electron chi connectivity index (χ1n) is 7.39. The van der Waals surface area contributed by atoms with Gasteiger partial charge in [0.25, 0.3) is 0 Å². The fourth-order valence-corrected chi connectivity index (χ4v) is 2.10. The quantitative estimate of drug-likeness (QED) is 0.820. The van der Waals surface area contributed by atoms with Crippen LogP contribution in [0, 0.1) is 5.92 Å². The minimum Gasteiger partial charge on any atom is -0.352 e. The van der Waals surface area contributed by atoms with Gasteiger partial charge >= 0.3 is 0 Å². The van der Waals surface area contributed by atoms with Crippen molar-refractivity contribution in [3.8, 4) is 0 Å². The molecule has 1 aliphatic carbocycles. The number of aromatic nitrogens is 2. The van der Waals surface area contributed by atoms with Crippen LogP contribution in [0.5, 0.6) is 0 Å². The highest BCUT2D eigenvalue weighted by molar-refractivity contribution is 5.38. The van der Waals surface area contributed by atoms with E-state index < -0.39 is 0 Å². The van der Waals surface area contributed by atoms with Crippen LogP contribution in [-0.2, 0) is 6.54 Å². The zero-order valence-electron chi connectivity index (χ0n) is 12.6. The van der Waals surface area contributed by atoms with Gasteiger partial charge in [-0.1, -0.05) is 13.8 Å². The Kier molecular flexibility index (Phi) is 4.75. The maximum Gasteiger partial charge on any atom is 0.151 e. The van der Waals surface area contributed by atoms with Crippen LogP contribution in [0.3, 0.4) is 0 Å². The molecule has 2 rings (SSSR count). The Morgan fingerprint density at radius 1 is 1.21 bits per heavy atom. The Bertz CT molecular complexity index is 382. The highest BCUT2D eigenvalue weighted by atomic mass is 15.3. The summed E-state index contributed by atoms with van der Waals surface area (Å²) in [6.45, 7) is 10.7. The summed E-state index contributed by atoms with van der Waals surface area (Å²) >= 11 is 0. The SMILES string of the molecule is CC(C)CN(c1ccc(CNC2CC2)nn1)C(C)C. The number of rotatable bonds is 7. The Morgan fingerprint density at radius 3 is 2.42 bits per heavy atom. The Balaban J connectivity index is 1.97. The largest absolute Gasteiger partial charge is 0.352 e. The number of hydrogen-bond acceptors (Lipinski definition) is 4. The monoisotopic (exact) mass is 262 g/mol. The molecule has 0 spiro atoms. The normalized spacial score (nSPS) is 15.3.